The molecule has 1 aliphatic rings. The first-order valence-corrected chi connectivity index (χ1v) is 8.36. The second-order valence-electron chi connectivity index (χ2n) is 7.61. The molecule has 1 aliphatic carbocycles. The summed E-state index contributed by atoms with van der Waals surface area (Å²) in [6, 6.07) is 7.47. The third kappa shape index (κ3) is 4.91. The fourth-order valence-electron chi connectivity index (χ4n) is 3.05. The van der Waals surface area contributed by atoms with E-state index in [4.69, 9.17) is 4.99 Å². The first-order valence-electron chi connectivity index (χ1n) is 8.36. The van der Waals surface area contributed by atoms with Gasteiger partial charge in [0.2, 0.25) is 0 Å². The summed E-state index contributed by atoms with van der Waals surface area (Å²) in [5.41, 5.74) is 2.43. The van der Waals surface area contributed by atoms with E-state index in [-0.39, 0.29) is 11.2 Å². The lowest BCUT2D eigenvalue weighted by Gasteiger charge is -2.30. The summed E-state index contributed by atoms with van der Waals surface area (Å²) < 4.78 is 13.2. The number of benzene rings is 1. The molecule has 2 rings (SSSR count). The van der Waals surface area contributed by atoms with Crippen LogP contribution >= 0.6 is 0 Å². The molecule has 3 heteroatoms. The van der Waals surface area contributed by atoms with Crippen LogP contribution in [0.25, 0.3) is 0 Å². The summed E-state index contributed by atoms with van der Waals surface area (Å²) >= 11 is 0. The van der Waals surface area contributed by atoms with E-state index in [1.54, 1.807) is 12.1 Å². The van der Waals surface area contributed by atoms with E-state index in [2.05, 4.69) is 26.1 Å². The van der Waals surface area contributed by atoms with Crippen LogP contribution in [0.4, 0.5) is 4.39 Å². The second kappa shape index (κ2) is 7.36. The molecule has 1 aromatic rings. The van der Waals surface area contributed by atoms with Gasteiger partial charge in [-0.2, -0.15) is 0 Å². The highest BCUT2D eigenvalue weighted by atomic mass is 19.1. The standard InChI is InChI=1S/C19H29FN2/c1-19(2,3)13-22-18(14-5-9-16(20)10-6-14)15-7-11-17(21-4)12-8-15/h5-6,9-10,15,17,21H,7-8,11-13H2,1-4H3/b22-18+/t15-,17+. The third-order valence-corrected chi connectivity index (χ3v) is 4.39. The highest BCUT2D eigenvalue weighted by molar-refractivity contribution is 6.02. The Bertz CT molecular complexity index is 491. The molecule has 122 valence electrons. The van der Waals surface area contributed by atoms with Gasteiger partial charge in [0.15, 0.2) is 0 Å². The Morgan fingerprint density at radius 3 is 2.23 bits per heavy atom. The molecule has 0 aliphatic heterocycles. The minimum Gasteiger partial charge on any atom is -0.317 e. The fraction of sp³-hybridized carbons (Fsp3) is 0.632. The van der Waals surface area contributed by atoms with Crippen LogP contribution in [-0.2, 0) is 0 Å². The lowest BCUT2D eigenvalue weighted by atomic mass is 9.81. The third-order valence-electron chi connectivity index (χ3n) is 4.39. The highest BCUT2D eigenvalue weighted by Gasteiger charge is 2.25. The Morgan fingerprint density at radius 1 is 1.14 bits per heavy atom. The van der Waals surface area contributed by atoms with Gasteiger partial charge in [-0.3, -0.25) is 4.99 Å². The maximum absolute atomic E-state index is 13.2. The molecule has 1 fully saturated rings. The minimum atomic E-state index is -0.183. The summed E-state index contributed by atoms with van der Waals surface area (Å²) in [5, 5.41) is 3.38. The summed E-state index contributed by atoms with van der Waals surface area (Å²) in [6.45, 7) is 7.43. The van der Waals surface area contributed by atoms with Crippen LogP contribution in [0.3, 0.4) is 0 Å². The molecule has 0 amide bonds. The fourth-order valence-corrected chi connectivity index (χ4v) is 3.05. The van der Waals surface area contributed by atoms with Crippen molar-refractivity contribution < 1.29 is 4.39 Å². The number of hydrogen-bond acceptors (Lipinski definition) is 2. The lowest BCUT2D eigenvalue weighted by molar-refractivity contribution is 0.353. The maximum atomic E-state index is 13.2. The Balaban J connectivity index is 2.20. The average Bonchev–Trinajstić information content (AvgIpc) is 2.49. The van der Waals surface area contributed by atoms with E-state index >= 15 is 0 Å². The van der Waals surface area contributed by atoms with Gasteiger partial charge in [-0.15, -0.1) is 0 Å². The van der Waals surface area contributed by atoms with Crippen LogP contribution in [0.15, 0.2) is 29.3 Å². The van der Waals surface area contributed by atoms with Crippen molar-refractivity contribution in [1.82, 2.24) is 5.32 Å². The molecule has 0 atom stereocenters. The SMILES string of the molecule is CN[C@H]1CC[C@@H](/C(=N/CC(C)(C)C)c2ccc(F)cc2)CC1. The topological polar surface area (TPSA) is 24.4 Å². The molecule has 0 bridgehead atoms. The van der Waals surface area contributed by atoms with Crippen molar-refractivity contribution >= 4 is 5.71 Å². The molecular formula is C19H29FN2. The van der Waals surface area contributed by atoms with Crippen molar-refractivity contribution in [3.63, 3.8) is 0 Å². The molecule has 2 nitrogen and oxygen atoms in total. The first-order chi connectivity index (χ1) is 10.4. The average molecular weight is 304 g/mol. The van der Waals surface area contributed by atoms with Gasteiger partial charge >= 0.3 is 0 Å². The van der Waals surface area contributed by atoms with E-state index in [1.807, 2.05) is 19.2 Å². The summed E-state index contributed by atoms with van der Waals surface area (Å²) in [7, 11) is 2.04. The van der Waals surface area contributed by atoms with Crippen molar-refractivity contribution in [1.29, 1.82) is 0 Å². The number of nitrogens with one attached hydrogen (secondary N) is 1. The Kier molecular flexibility index (Phi) is 5.74. The number of aliphatic imine (C=N–C) groups is 1. The van der Waals surface area contributed by atoms with E-state index < -0.39 is 0 Å². The number of halogens is 1. The van der Waals surface area contributed by atoms with Crippen LogP contribution in [0, 0.1) is 17.2 Å². The smallest absolute Gasteiger partial charge is 0.123 e. The van der Waals surface area contributed by atoms with E-state index in [0.29, 0.717) is 12.0 Å². The first kappa shape index (κ1) is 17.1. The van der Waals surface area contributed by atoms with Gasteiger partial charge in [-0.1, -0.05) is 32.9 Å². The van der Waals surface area contributed by atoms with Crippen molar-refractivity contribution in [3.8, 4) is 0 Å². The largest absolute Gasteiger partial charge is 0.317 e. The highest BCUT2D eigenvalue weighted by Crippen LogP contribution is 2.29. The van der Waals surface area contributed by atoms with Crippen molar-refractivity contribution in [2.24, 2.45) is 16.3 Å². The Labute approximate surface area is 134 Å². The van der Waals surface area contributed by atoms with E-state index in [9.17, 15) is 4.39 Å². The normalized spacial score (nSPS) is 23.6. The summed E-state index contributed by atoms with van der Waals surface area (Å²) in [5.74, 6) is 0.315. The van der Waals surface area contributed by atoms with Gasteiger partial charge in [-0.25, -0.2) is 4.39 Å². The van der Waals surface area contributed by atoms with E-state index in [0.717, 1.165) is 24.9 Å². The van der Waals surface area contributed by atoms with Gasteiger partial charge in [0.05, 0.1) is 0 Å². The zero-order valence-electron chi connectivity index (χ0n) is 14.3. The van der Waals surface area contributed by atoms with Crippen molar-refractivity contribution in [2.75, 3.05) is 13.6 Å². The molecule has 0 unspecified atom stereocenters. The molecular weight excluding hydrogens is 275 g/mol. The molecule has 0 radical (unpaired) electrons. The summed E-state index contributed by atoms with van der Waals surface area (Å²) in [4.78, 5) is 4.94. The minimum absolute atomic E-state index is 0.174. The predicted molar refractivity (Wildman–Crippen MR) is 92.1 cm³/mol. The van der Waals surface area contributed by atoms with Gasteiger partial charge in [0.25, 0.3) is 0 Å². The molecule has 22 heavy (non-hydrogen) atoms. The Hall–Kier alpha value is -1.22. The van der Waals surface area contributed by atoms with Gasteiger partial charge in [0, 0.05) is 24.2 Å². The van der Waals surface area contributed by atoms with Crippen LogP contribution in [0.1, 0.15) is 52.0 Å². The number of hydrogen-bond donors (Lipinski definition) is 1. The van der Waals surface area contributed by atoms with Crippen LogP contribution in [0.2, 0.25) is 0 Å². The molecule has 0 heterocycles. The lowest BCUT2D eigenvalue weighted by Crippen LogP contribution is -2.33. The van der Waals surface area contributed by atoms with Crippen molar-refractivity contribution in [2.45, 2.75) is 52.5 Å². The number of nitrogens with zero attached hydrogens (tertiary/aromatic N) is 1. The molecule has 1 aromatic carbocycles. The monoisotopic (exact) mass is 304 g/mol. The molecule has 1 N–H and O–H groups in total. The zero-order valence-corrected chi connectivity index (χ0v) is 14.3. The molecule has 0 aromatic heterocycles. The van der Waals surface area contributed by atoms with Crippen LogP contribution in [-0.4, -0.2) is 25.3 Å². The molecule has 1 saturated carbocycles. The quantitative estimate of drug-likeness (QED) is 0.817. The molecule has 0 saturated heterocycles. The predicted octanol–water partition coefficient (Wildman–Crippen LogP) is 4.44. The maximum Gasteiger partial charge on any atom is 0.123 e. The molecule has 0 spiro atoms. The number of rotatable bonds is 4. The Morgan fingerprint density at radius 2 is 1.73 bits per heavy atom. The zero-order chi connectivity index (χ0) is 16.2. The van der Waals surface area contributed by atoms with Gasteiger partial charge < -0.3 is 5.32 Å². The van der Waals surface area contributed by atoms with E-state index in [1.165, 1.54) is 18.6 Å². The van der Waals surface area contributed by atoms with Crippen molar-refractivity contribution in [3.05, 3.63) is 35.6 Å². The second-order valence-corrected chi connectivity index (χ2v) is 7.61. The van der Waals surface area contributed by atoms with Gasteiger partial charge in [-0.05, 0) is 55.8 Å². The summed E-state index contributed by atoms with van der Waals surface area (Å²) in [6.07, 6.45) is 4.70. The van der Waals surface area contributed by atoms with Gasteiger partial charge in [0.1, 0.15) is 5.82 Å². The van der Waals surface area contributed by atoms with Crippen LogP contribution in [0.5, 0.6) is 0 Å². The van der Waals surface area contributed by atoms with Crippen LogP contribution < -0.4 is 5.32 Å².